The number of rotatable bonds is 5. The minimum Gasteiger partial charge on any atom is -0.454 e. The van der Waals surface area contributed by atoms with Gasteiger partial charge in [0.1, 0.15) is 0 Å². The third-order valence-corrected chi connectivity index (χ3v) is 4.73. The quantitative estimate of drug-likeness (QED) is 0.856. The predicted octanol–water partition coefficient (Wildman–Crippen LogP) is 2.72. The number of anilines is 1. The average Bonchev–Trinajstić information content (AvgIpc) is 3.08. The van der Waals surface area contributed by atoms with Crippen molar-refractivity contribution in [2.75, 3.05) is 25.2 Å². The van der Waals surface area contributed by atoms with Gasteiger partial charge in [0.25, 0.3) is 0 Å². The molecule has 3 rings (SSSR count). The predicted molar refractivity (Wildman–Crippen MR) is 93.8 cm³/mol. The van der Waals surface area contributed by atoms with Gasteiger partial charge < -0.3 is 14.8 Å². The second-order valence-corrected chi connectivity index (χ2v) is 6.43. The molecule has 1 aliphatic heterocycles. The molecule has 0 spiro atoms. The first-order valence-electron chi connectivity index (χ1n) is 8.90. The van der Waals surface area contributed by atoms with Gasteiger partial charge in [0.15, 0.2) is 11.5 Å². The molecule has 1 fully saturated rings. The van der Waals surface area contributed by atoms with Crippen LogP contribution in [0.25, 0.3) is 0 Å². The Hall–Kier alpha value is -2.28. The van der Waals surface area contributed by atoms with E-state index >= 15 is 0 Å². The minimum atomic E-state index is -0.538. The summed E-state index contributed by atoms with van der Waals surface area (Å²) < 4.78 is 10.5. The molecule has 2 N–H and O–H groups in total. The molecule has 1 aliphatic carbocycles. The fraction of sp³-hybridized carbons (Fsp3) is 0.556. The summed E-state index contributed by atoms with van der Waals surface area (Å²) in [5.41, 5.74) is 0.550. The topological polar surface area (TPSA) is 79.9 Å². The van der Waals surface area contributed by atoms with E-state index in [4.69, 9.17) is 9.47 Å². The van der Waals surface area contributed by atoms with Crippen molar-refractivity contribution in [2.45, 2.75) is 45.1 Å². The van der Waals surface area contributed by atoms with Gasteiger partial charge in [-0.25, -0.2) is 4.79 Å². The van der Waals surface area contributed by atoms with Gasteiger partial charge in [0, 0.05) is 17.8 Å². The molecule has 25 heavy (non-hydrogen) atoms. The number of fused-ring (bicyclic) bond motifs is 1. The summed E-state index contributed by atoms with van der Waals surface area (Å²) in [6, 6.07) is 5.01. The number of likely N-dealkylation sites (N-methyl/N-ethyl adjacent to an activating group) is 1. The van der Waals surface area contributed by atoms with Crippen molar-refractivity contribution in [1.29, 1.82) is 0 Å². The highest BCUT2D eigenvalue weighted by Gasteiger charge is 2.22. The van der Waals surface area contributed by atoms with Crippen molar-refractivity contribution in [3.8, 4) is 11.5 Å². The highest BCUT2D eigenvalue weighted by molar-refractivity contribution is 6.01. The smallest absolute Gasteiger partial charge is 0.325 e. The van der Waals surface area contributed by atoms with Crippen LogP contribution in [0.4, 0.5) is 10.5 Å². The molecular weight excluding hydrogens is 322 g/mol. The van der Waals surface area contributed by atoms with Crippen molar-refractivity contribution in [1.82, 2.24) is 10.2 Å². The zero-order valence-corrected chi connectivity index (χ0v) is 14.5. The molecule has 0 unspecified atom stereocenters. The van der Waals surface area contributed by atoms with E-state index < -0.39 is 6.03 Å². The molecule has 3 amide bonds. The molecule has 0 atom stereocenters. The van der Waals surface area contributed by atoms with E-state index in [-0.39, 0.29) is 19.2 Å². The van der Waals surface area contributed by atoms with Crippen LogP contribution in [-0.2, 0) is 4.79 Å². The number of urea groups is 1. The monoisotopic (exact) mass is 347 g/mol. The molecule has 136 valence electrons. The molecule has 7 heteroatoms. The summed E-state index contributed by atoms with van der Waals surface area (Å²) in [7, 11) is 0. The molecule has 1 aromatic carbocycles. The second-order valence-electron chi connectivity index (χ2n) is 6.43. The molecule has 1 aromatic rings. The van der Waals surface area contributed by atoms with Crippen molar-refractivity contribution in [3.63, 3.8) is 0 Å². The number of carbonyl (C=O) groups is 2. The first-order chi connectivity index (χ1) is 12.2. The van der Waals surface area contributed by atoms with E-state index in [0.717, 1.165) is 19.4 Å². The summed E-state index contributed by atoms with van der Waals surface area (Å²) in [5, 5.41) is 5.05. The van der Waals surface area contributed by atoms with Crippen molar-refractivity contribution in [2.24, 2.45) is 0 Å². The van der Waals surface area contributed by atoms with Gasteiger partial charge >= 0.3 is 6.03 Å². The van der Waals surface area contributed by atoms with Crippen molar-refractivity contribution < 1.29 is 19.1 Å². The summed E-state index contributed by atoms with van der Waals surface area (Å²) in [5.74, 6) is 0.942. The number of hydrogen-bond donors (Lipinski definition) is 2. The number of amides is 3. The zero-order chi connectivity index (χ0) is 17.6. The maximum atomic E-state index is 12.2. The van der Waals surface area contributed by atoms with Crippen LogP contribution in [0, 0.1) is 0 Å². The number of nitrogens with one attached hydrogen (secondary N) is 2. The Morgan fingerprint density at radius 2 is 1.92 bits per heavy atom. The van der Waals surface area contributed by atoms with E-state index in [1.165, 1.54) is 19.3 Å². The van der Waals surface area contributed by atoms with E-state index in [2.05, 4.69) is 22.5 Å². The number of nitrogens with zero attached hydrogens (tertiary/aromatic N) is 1. The molecule has 1 saturated carbocycles. The lowest BCUT2D eigenvalue weighted by Gasteiger charge is -2.32. The Morgan fingerprint density at radius 3 is 2.68 bits per heavy atom. The molecular formula is C18H25N3O4. The molecule has 1 heterocycles. The average molecular weight is 347 g/mol. The molecule has 0 bridgehead atoms. The zero-order valence-electron chi connectivity index (χ0n) is 14.5. The van der Waals surface area contributed by atoms with Crippen LogP contribution in [0.3, 0.4) is 0 Å². The maximum absolute atomic E-state index is 12.2. The fourth-order valence-electron chi connectivity index (χ4n) is 3.43. The number of hydrogen-bond acceptors (Lipinski definition) is 5. The van der Waals surface area contributed by atoms with E-state index in [1.54, 1.807) is 18.2 Å². The van der Waals surface area contributed by atoms with Crippen molar-refractivity contribution >= 4 is 17.6 Å². The van der Waals surface area contributed by atoms with E-state index in [9.17, 15) is 9.59 Å². The highest BCUT2D eigenvalue weighted by Crippen LogP contribution is 2.34. The van der Waals surface area contributed by atoms with Gasteiger partial charge in [-0.2, -0.15) is 0 Å². The molecule has 0 aromatic heterocycles. The van der Waals surface area contributed by atoms with Gasteiger partial charge in [-0.1, -0.05) is 26.2 Å². The molecule has 0 saturated heterocycles. The lowest BCUT2D eigenvalue weighted by atomic mass is 9.94. The second kappa shape index (κ2) is 8.20. The number of carbonyl (C=O) groups excluding carboxylic acids is 2. The normalized spacial score (nSPS) is 16.7. The van der Waals surface area contributed by atoms with E-state index in [0.29, 0.717) is 23.2 Å². The highest BCUT2D eigenvalue weighted by atomic mass is 16.7. The minimum absolute atomic E-state index is 0.178. The van der Waals surface area contributed by atoms with Gasteiger partial charge in [0.05, 0.1) is 6.54 Å². The Balaban J connectivity index is 1.49. The Bertz CT molecular complexity index is 629. The largest absolute Gasteiger partial charge is 0.454 e. The van der Waals surface area contributed by atoms with Gasteiger partial charge in [-0.3, -0.25) is 15.0 Å². The van der Waals surface area contributed by atoms with Gasteiger partial charge in [-0.15, -0.1) is 0 Å². The fourth-order valence-corrected chi connectivity index (χ4v) is 3.43. The third kappa shape index (κ3) is 4.63. The van der Waals surface area contributed by atoms with Crippen LogP contribution >= 0.6 is 0 Å². The Morgan fingerprint density at radius 1 is 1.16 bits per heavy atom. The van der Waals surface area contributed by atoms with Crippen molar-refractivity contribution in [3.05, 3.63) is 18.2 Å². The van der Waals surface area contributed by atoms with Crippen LogP contribution in [0.2, 0.25) is 0 Å². The van der Waals surface area contributed by atoms with Crippen LogP contribution in [0.15, 0.2) is 18.2 Å². The lowest BCUT2D eigenvalue weighted by molar-refractivity contribution is -0.121. The summed E-state index contributed by atoms with van der Waals surface area (Å²) in [6.45, 7) is 3.28. The lowest BCUT2D eigenvalue weighted by Crippen LogP contribution is -2.46. The maximum Gasteiger partial charge on any atom is 0.325 e. The summed E-state index contributed by atoms with van der Waals surface area (Å²) in [6.07, 6.45) is 5.97. The van der Waals surface area contributed by atoms with Crippen LogP contribution in [-0.4, -0.2) is 42.8 Å². The molecule has 2 aliphatic rings. The summed E-state index contributed by atoms with van der Waals surface area (Å²) >= 11 is 0. The number of imide groups is 1. The summed E-state index contributed by atoms with van der Waals surface area (Å²) in [4.78, 5) is 26.4. The van der Waals surface area contributed by atoms with Crippen LogP contribution in [0.5, 0.6) is 11.5 Å². The van der Waals surface area contributed by atoms with Crippen LogP contribution in [0.1, 0.15) is 39.0 Å². The number of benzene rings is 1. The Kier molecular flexibility index (Phi) is 5.75. The first-order valence-corrected chi connectivity index (χ1v) is 8.90. The first kappa shape index (κ1) is 17.5. The van der Waals surface area contributed by atoms with Crippen LogP contribution < -0.4 is 20.1 Å². The molecule has 0 radical (unpaired) electrons. The molecule has 7 nitrogen and oxygen atoms in total. The van der Waals surface area contributed by atoms with E-state index in [1.807, 2.05) is 0 Å². The standard InChI is InChI=1S/C18H25N3O4/c1-2-21(14-6-4-3-5-7-14)11-17(22)20-18(23)19-13-8-9-15-16(10-13)25-12-24-15/h8-10,14H,2-7,11-12H2,1H3,(H2,19,20,22,23). The van der Waals surface area contributed by atoms with Gasteiger partial charge in [-0.05, 0) is 31.5 Å². The third-order valence-electron chi connectivity index (χ3n) is 4.73. The SMILES string of the molecule is CCN(CC(=O)NC(=O)Nc1ccc2c(c1)OCO2)C1CCCCC1. The number of ether oxygens (including phenoxy) is 2. The van der Waals surface area contributed by atoms with Gasteiger partial charge in [0.2, 0.25) is 12.7 Å². The Labute approximate surface area is 147 Å².